The van der Waals surface area contributed by atoms with Gasteiger partial charge >= 0.3 is 0 Å². The second-order valence-electron chi connectivity index (χ2n) is 4.39. The molecular weight excluding hydrogens is 220 g/mol. The fraction of sp³-hybridized carbons (Fsp3) is 1.00. The van der Waals surface area contributed by atoms with Crippen LogP contribution in [0, 0.1) is 0 Å². The third kappa shape index (κ3) is 7.38. The van der Waals surface area contributed by atoms with Crippen molar-refractivity contribution >= 4 is 9.04 Å². The van der Waals surface area contributed by atoms with Gasteiger partial charge in [-0.1, -0.05) is 19.8 Å². The van der Waals surface area contributed by atoms with Crippen molar-refractivity contribution in [3.05, 3.63) is 0 Å². The van der Waals surface area contributed by atoms with E-state index < -0.39 is 9.04 Å². The molecule has 0 aromatic carbocycles. The summed E-state index contributed by atoms with van der Waals surface area (Å²) in [6.07, 6.45) is 4.17. The Balaban J connectivity index is 1.92. The second-order valence-corrected chi connectivity index (χ2v) is 7.12. The van der Waals surface area contributed by atoms with E-state index in [1.165, 1.54) is 24.9 Å². The molecule has 0 bridgehead atoms. The third-order valence-corrected chi connectivity index (χ3v) is 5.71. The first kappa shape index (κ1) is 14.2. The van der Waals surface area contributed by atoms with Crippen LogP contribution in [0.15, 0.2) is 0 Å². The standard InChI is InChI=1S/C12H26O3Si/c1-3-5-8-16(15-4-2)9-6-7-13-10-12-11-14-12/h12,16H,3-11H2,1-2H3. The van der Waals surface area contributed by atoms with Gasteiger partial charge in [0.15, 0.2) is 9.04 Å². The third-order valence-electron chi connectivity index (χ3n) is 2.80. The predicted octanol–water partition coefficient (Wildman–Crippen LogP) is 2.35. The summed E-state index contributed by atoms with van der Waals surface area (Å²) in [4.78, 5) is 0. The summed E-state index contributed by atoms with van der Waals surface area (Å²) >= 11 is 0. The van der Waals surface area contributed by atoms with Gasteiger partial charge in [-0.25, -0.2) is 0 Å². The number of ether oxygens (including phenoxy) is 2. The zero-order valence-electron chi connectivity index (χ0n) is 10.7. The van der Waals surface area contributed by atoms with Gasteiger partial charge in [0.2, 0.25) is 0 Å². The van der Waals surface area contributed by atoms with Crippen molar-refractivity contribution in [2.45, 2.75) is 51.3 Å². The summed E-state index contributed by atoms with van der Waals surface area (Å²) in [5.41, 5.74) is 0. The van der Waals surface area contributed by atoms with Crippen molar-refractivity contribution in [3.63, 3.8) is 0 Å². The first-order valence-electron chi connectivity index (χ1n) is 6.67. The number of hydrogen-bond acceptors (Lipinski definition) is 3. The predicted molar refractivity (Wildman–Crippen MR) is 68.5 cm³/mol. The van der Waals surface area contributed by atoms with Crippen LogP contribution in [0.1, 0.15) is 33.1 Å². The molecule has 0 aromatic heterocycles. The van der Waals surface area contributed by atoms with Gasteiger partial charge in [0.05, 0.1) is 13.2 Å². The molecule has 16 heavy (non-hydrogen) atoms. The topological polar surface area (TPSA) is 31.0 Å². The van der Waals surface area contributed by atoms with E-state index >= 15 is 0 Å². The van der Waals surface area contributed by atoms with Crippen LogP contribution in [0.25, 0.3) is 0 Å². The highest BCUT2D eigenvalue weighted by atomic mass is 28.3. The fourth-order valence-corrected chi connectivity index (χ4v) is 4.35. The van der Waals surface area contributed by atoms with Crippen molar-refractivity contribution < 1.29 is 13.9 Å². The lowest BCUT2D eigenvalue weighted by Gasteiger charge is -2.14. The minimum Gasteiger partial charge on any atom is -0.420 e. The van der Waals surface area contributed by atoms with Gasteiger partial charge in [0.25, 0.3) is 0 Å². The molecule has 1 aliphatic rings. The Kier molecular flexibility index (Phi) is 8.11. The minimum atomic E-state index is -0.914. The minimum absolute atomic E-state index is 0.403. The van der Waals surface area contributed by atoms with Gasteiger partial charge in [-0.15, -0.1) is 0 Å². The highest BCUT2D eigenvalue weighted by Gasteiger charge is 2.22. The Hall–Kier alpha value is 0.0969. The maximum absolute atomic E-state index is 5.84. The smallest absolute Gasteiger partial charge is 0.177 e. The molecule has 0 saturated carbocycles. The first-order chi connectivity index (χ1) is 7.86. The van der Waals surface area contributed by atoms with Crippen molar-refractivity contribution in [2.75, 3.05) is 26.4 Å². The summed E-state index contributed by atoms with van der Waals surface area (Å²) in [6.45, 7) is 7.80. The summed E-state index contributed by atoms with van der Waals surface area (Å²) in [5, 5.41) is 0. The van der Waals surface area contributed by atoms with Crippen molar-refractivity contribution in [1.82, 2.24) is 0 Å². The van der Waals surface area contributed by atoms with Gasteiger partial charge < -0.3 is 13.9 Å². The monoisotopic (exact) mass is 246 g/mol. The molecule has 3 nitrogen and oxygen atoms in total. The van der Waals surface area contributed by atoms with E-state index in [2.05, 4.69) is 13.8 Å². The normalized spacial score (nSPS) is 21.0. The number of rotatable bonds is 11. The van der Waals surface area contributed by atoms with E-state index in [4.69, 9.17) is 13.9 Å². The van der Waals surface area contributed by atoms with Crippen LogP contribution in [0.4, 0.5) is 0 Å². The Morgan fingerprint density at radius 3 is 2.62 bits per heavy atom. The summed E-state index contributed by atoms with van der Waals surface area (Å²) in [7, 11) is -0.914. The molecule has 2 unspecified atom stereocenters. The molecule has 1 rings (SSSR count). The van der Waals surface area contributed by atoms with Gasteiger partial charge in [0.1, 0.15) is 6.10 Å². The van der Waals surface area contributed by atoms with Gasteiger partial charge in [-0.05, 0) is 25.4 Å². The molecule has 1 aliphatic heterocycles. The maximum atomic E-state index is 5.84. The fourth-order valence-electron chi connectivity index (χ4n) is 1.77. The second kappa shape index (κ2) is 9.16. The molecule has 0 N–H and O–H groups in total. The van der Waals surface area contributed by atoms with E-state index in [1.54, 1.807) is 0 Å². The highest BCUT2D eigenvalue weighted by Crippen LogP contribution is 2.11. The average molecular weight is 246 g/mol. The Morgan fingerprint density at radius 1 is 1.25 bits per heavy atom. The molecule has 1 fully saturated rings. The lowest BCUT2D eigenvalue weighted by molar-refractivity contribution is 0.116. The van der Waals surface area contributed by atoms with E-state index in [0.717, 1.165) is 32.8 Å². The zero-order chi connectivity index (χ0) is 11.6. The van der Waals surface area contributed by atoms with Crippen molar-refractivity contribution in [2.24, 2.45) is 0 Å². The van der Waals surface area contributed by atoms with Gasteiger partial charge in [0, 0.05) is 13.2 Å². The van der Waals surface area contributed by atoms with Crippen LogP contribution in [0.5, 0.6) is 0 Å². The molecule has 4 heteroatoms. The molecule has 1 heterocycles. The molecule has 2 atom stereocenters. The lowest BCUT2D eigenvalue weighted by Crippen LogP contribution is -2.18. The molecule has 0 spiro atoms. The first-order valence-corrected chi connectivity index (χ1v) is 8.78. The van der Waals surface area contributed by atoms with Crippen LogP contribution in [-0.4, -0.2) is 41.6 Å². The number of unbranched alkanes of at least 4 members (excludes halogenated alkanes) is 1. The van der Waals surface area contributed by atoms with Crippen LogP contribution >= 0.6 is 0 Å². The van der Waals surface area contributed by atoms with Gasteiger partial charge in [-0.2, -0.15) is 0 Å². The molecule has 0 amide bonds. The van der Waals surface area contributed by atoms with E-state index in [9.17, 15) is 0 Å². The molecule has 1 saturated heterocycles. The number of epoxide rings is 1. The number of hydrogen-bond donors (Lipinski definition) is 0. The maximum Gasteiger partial charge on any atom is 0.177 e. The van der Waals surface area contributed by atoms with Crippen molar-refractivity contribution in [3.8, 4) is 0 Å². The quantitative estimate of drug-likeness (QED) is 0.318. The molecule has 0 radical (unpaired) electrons. The largest absolute Gasteiger partial charge is 0.420 e. The van der Waals surface area contributed by atoms with Crippen LogP contribution in [-0.2, 0) is 13.9 Å². The van der Waals surface area contributed by atoms with E-state index in [-0.39, 0.29) is 0 Å². The summed E-state index contributed by atoms with van der Waals surface area (Å²) < 4.78 is 16.5. The zero-order valence-corrected chi connectivity index (χ0v) is 11.9. The van der Waals surface area contributed by atoms with Gasteiger partial charge in [-0.3, -0.25) is 0 Å². The van der Waals surface area contributed by atoms with E-state index in [0.29, 0.717) is 6.10 Å². The molecular formula is C12H26O3Si. The lowest BCUT2D eigenvalue weighted by atomic mass is 10.4. The Morgan fingerprint density at radius 2 is 2.00 bits per heavy atom. The Labute approximate surface area is 101 Å². The van der Waals surface area contributed by atoms with E-state index in [1.807, 2.05) is 0 Å². The SMILES string of the molecule is CCCC[SiH](CCCOCC1CO1)OCC. The Bertz CT molecular complexity index is 162. The van der Waals surface area contributed by atoms with Crippen LogP contribution in [0.3, 0.4) is 0 Å². The average Bonchev–Trinajstić information content (AvgIpc) is 3.09. The van der Waals surface area contributed by atoms with Crippen molar-refractivity contribution in [1.29, 1.82) is 0 Å². The molecule has 0 aromatic rings. The summed E-state index contributed by atoms with van der Waals surface area (Å²) in [5.74, 6) is 0. The van der Waals surface area contributed by atoms with Crippen LogP contribution < -0.4 is 0 Å². The van der Waals surface area contributed by atoms with Crippen LogP contribution in [0.2, 0.25) is 12.1 Å². The highest BCUT2D eigenvalue weighted by molar-refractivity contribution is 6.51. The molecule has 0 aliphatic carbocycles. The summed E-state index contributed by atoms with van der Waals surface area (Å²) in [6, 6.07) is 2.59. The molecule has 96 valence electrons.